The number of halogens is 3. The van der Waals surface area contributed by atoms with Crippen LogP contribution in [-0.2, 0) is 22.5 Å². The summed E-state index contributed by atoms with van der Waals surface area (Å²) in [5.41, 5.74) is 12.2. The van der Waals surface area contributed by atoms with Crippen LogP contribution in [0.2, 0.25) is 0 Å². The molecule has 0 atom stereocenters. The van der Waals surface area contributed by atoms with Gasteiger partial charge in [-0.2, -0.15) is 18.3 Å². The van der Waals surface area contributed by atoms with Crippen LogP contribution in [-0.4, -0.2) is 9.78 Å². The molecule has 11 rings (SSSR count). The maximum atomic E-state index is 14.6. The van der Waals surface area contributed by atoms with Gasteiger partial charge in [-0.15, -0.1) is 0 Å². The van der Waals surface area contributed by atoms with Crippen LogP contribution in [0.4, 0.5) is 47.3 Å². The van der Waals surface area contributed by atoms with Crippen molar-refractivity contribution >= 4 is 34.1 Å². The van der Waals surface area contributed by atoms with E-state index in [2.05, 4.69) is 188 Å². The van der Waals surface area contributed by atoms with E-state index >= 15 is 0 Å². The minimum atomic E-state index is -4.63. The molecule has 0 saturated carbocycles. The van der Waals surface area contributed by atoms with Crippen LogP contribution < -0.4 is 9.80 Å². The fourth-order valence-electron chi connectivity index (χ4n) is 10.4. The standard InChI is InChI=1S/C53H41F3N4/c1-50(2)40-17-7-11-21-44(40)58(45-22-12-8-18-41(45)50)36-29-25-34(26-30-36)52(39-16-6-5-15-38(39)48-33-49(53(54,55)56)57-60(48)52)35-27-31-37(32-28-35)59-46-23-13-9-19-42(46)51(3,4)43-20-10-14-24-47(43)59/h5-33H,1-4H3. The molecule has 0 N–H and O–H groups in total. The number of benzene rings is 7. The summed E-state index contributed by atoms with van der Waals surface area (Å²) in [5, 5.41) is 4.43. The molecule has 0 radical (unpaired) electrons. The molecule has 0 spiro atoms. The number of hydrogen-bond acceptors (Lipinski definition) is 3. The van der Waals surface area contributed by atoms with Gasteiger partial charge in [-0.05, 0) is 93.5 Å². The van der Waals surface area contributed by atoms with Gasteiger partial charge < -0.3 is 9.80 Å². The van der Waals surface area contributed by atoms with Crippen molar-refractivity contribution in [2.24, 2.45) is 0 Å². The molecule has 8 aromatic rings. The Hall–Kier alpha value is -6.86. The number of fused-ring (bicyclic) bond motifs is 7. The van der Waals surface area contributed by atoms with Gasteiger partial charge in [-0.25, -0.2) is 4.68 Å². The average Bonchev–Trinajstić information content (AvgIpc) is 3.83. The second-order valence-corrected chi connectivity index (χ2v) is 17.2. The Kier molecular flexibility index (Phi) is 7.59. The summed E-state index contributed by atoms with van der Waals surface area (Å²) in [6.45, 7) is 9.05. The summed E-state index contributed by atoms with van der Waals surface area (Å²) in [7, 11) is 0. The number of hydrogen-bond donors (Lipinski definition) is 0. The third-order valence-corrected chi connectivity index (χ3v) is 13.3. The highest BCUT2D eigenvalue weighted by Gasteiger charge is 2.50. The summed E-state index contributed by atoms with van der Waals surface area (Å²) in [5.74, 6) is 0. The Bertz CT molecular complexity index is 2740. The maximum absolute atomic E-state index is 14.6. The first kappa shape index (κ1) is 36.2. The van der Waals surface area contributed by atoms with Gasteiger partial charge in [0.25, 0.3) is 0 Å². The zero-order valence-electron chi connectivity index (χ0n) is 33.7. The molecule has 294 valence electrons. The molecule has 0 unspecified atom stereocenters. The fraction of sp³-hybridized carbons (Fsp3) is 0.151. The fourth-order valence-corrected chi connectivity index (χ4v) is 10.4. The minimum Gasteiger partial charge on any atom is -0.310 e. The number of nitrogens with zero attached hydrogens (tertiary/aromatic N) is 4. The molecular weight excluding hydrogens is 750 g/mol. The molecule has 3 aliphatic rings. The predicted molar refractivity (Wildman–Crippen MR) is 234 cm³/mol. The summed E-state index contributed by atoms with van der Waals surface area (Å²) >= 11 is 0. The normalized spacial score (nSPS) is 16.2. The third kappa shape index (κ3) is 4.89. The number of anilines is 6. The van der Waals surface area contributed by atoms with Crippen molar-refractivity contribution in [1.82, 2.24) is 9.78 Å². The lowest BCUT2D eigenvalue weighted by atomic mass is 9.73. The first-order chi connectivity index (χ1) is 28.9. The molecule has 0 fully saturated rings. The molecule has 0 bridgehead atoms. The second kappa shape index (κ2) is 12.6. The maximum Gasteiger partial charge on any atom is 0.435 e. The second-order valence-electron chi connectivity index (χ2n) is 17.2. The average molecular weight is 791 g/mol. The Labute approximate surface area is 347 Å². The predicted octanol–water partition coefficient (Wildman–Crippen LogP) is 13.9. The summed E-state index contributed by atoms with van der Waals surface area (Å²) in [6, 6.07) is 59.6. The van der Waals surface area contributed by atoms with Gasteiger partial charge in [-0.1, -0.05) is 149 Å². The van der Waals surface area contributed by atoms with Crippen molar-refractivity contribution in [3.8, 4) is 11.3 Å². The molecule has 0 aliphatic carbocycles. The molecule has 1 aromatic heterocycles. The Morgan fingerprint density at radius 3 is 1.17 bits per heavy atom. The molecule has 60 heavy (non-hydrogen) atoms. The zero-order valence-corrected chi connectivity index (χ0v) is 33.7. The van der Waals surface area contributed by atoms with Crippen LogP contribution in [0.3, 0.4) is 0 Å². The third-order valence-electron chi connectivity index (χ3n) is 13.3. The number of rotatable bonds is 4. The van der Waals surface area contributed by atoms with Crippen LogP contribution >= 0.6 is 0 Å². The topological polar surface area (TPSA) is 24.3 Å². The lowest BCUT2D eigenvalue weighted by Crippen LogP contribution is -2.36. The first-order valence-corrected chi connectivity index (χ1v) is 20.4. The molecule has 4 heterocycles. The van der Waals surface area contributed by atoms with Crippen molar-refractivity contribution in [2.45, 2.75) is 50.2 Å². The number of aromatic nitrogens is 2. The van der Waals surface area contributed by atoms with Gasteiger partial charge in [0.15, 0.2) is 5.69 Å². The van der Waals surface area contributed by atoms with Gasteiger partial charge in [0, 0.05) is 27.8 Å². The molecule has 0 amide bonds. The van der Waals surface area contributed by atoms with Crippen LogP contribution in [0, 0.1) is 0 Å². The van der Waals surface area contributed by atoms with Gasteiger partial charge in [-0.3, -0.25) is 0 Å². The molecule has 4 nitrogen and oxygen atoms in total. The molecular formula is C53H41F3N4. The molecule has 7 heteroatoms. The van der Waals surface area contributed by atoms with Gasteiger partial charge >= 0.3 is 6.18 Å². The van der Waals surface area contributed by atoms with E-state index in [0.29, 0.717) is 5.69 Å². The number of para-hydroxylation sites is 4. The van der Waals surface area contributed by atoms with Crippen molar-refractivity contribution < 1.29 is 13.2 Å². The smallest absolute Gasteiger partial charge is 0.310 e. The Morgan fingerprint density at radius 1 is 0.433 bits per heavy atom. The van der Waals surface area contributed by atoms with Crippen LogP contribution in [0.25, 0.3) is 11.3 Å². The van der Waals surface area contributed by atoms with Crippen molar-refractivity contribution in [3.63, 3.8) is 0 Å². The quantitative estimate of drug-likeness (QED) is 0.177. The highest BCUT2D eigenvalue weighted by atomic mass is 19.4. The van der Waals surface area contributed by atoms with E-state index < -0.39 is 17.4 Å². The summed E-state index contributed by atoms with van der Waals surface area (Å²) in [4.78, 5) is 4.58. The van der Waals surface area contributed by atoms with E-state index in [1.807, 2.05) is 24.3 Å². The van der Waals surface area contributed by atoms with Crippen LogP contribution in [0.15, 0.2) is 176 Å². The van der Waals surface area contributed by atoms with E-state index in [4.69, 9.17) is 0 Å². The Balaban J connectivity index is 1.11. The first-order valence-electron chi connectivity index (χ1n) is 20.4. The molecule has 0 saturated heterocycles. The van der Waals surface area contributed by atoms with E-state index in [1.54, 1.807) is 4.68 Å². The van der Waals surface area contributed by atoms with E-state index in [-0.39, 0.29) is 10.8 Å². The monoisotopic (exact) mass is 790 g/mol. The highest BCUT2D eigenvalue weighted by Crippen LogP contribution is 2.56. The molecule has 3 aliphatic heterocycles. The van der Waals surface area contributed by atoms with E-state index in [0.717, 1.165) is 56.4 Å². The van der Waals surface area contributed by atoms with E-state index in [9.17, 15) is 13.2 Å². The minimum absolute atomic E-state index is 0.214. The van der Waals surface area contributed by atoms with Crippen molar-refractivity contribution in [3.05, 3.63) is 221 Å². The SMILES string of the molecule is CC1(C)c2ccccc2N(c2ccc(C3(c4ccc(N5c6ccccc6C(C)(C)c6ccccc65)cc4)c4ccccc4-c4cc(C(F)(F)F)nn43)cc2)c2ccccc21. The van der Waals surface area contributed by atoms with E-state index in [1.165, 1.54) is 28.3 Å². The van der Waals surface area contributed by atoms with Crippen molar-refractivity contribution in [1.29, 1.82) is 0 Å². The van der Waals surface area contributed by atoms with Crippen LogP contribution in [0.1, 0.15) is 72.3 Å². The zero-order chi connectivity index (χ0) is 41.2. The number of alkyl halides is 3. The lowest BCUT2D eigenvalue weighted by molar-refractivity contribution is -0.141. The van der Waals surface area contributed by atoms with Gasteiger partial charge in [0.1, 0.15) is 5.54 Å². The lowest BCUT2D eigenvalue weighted by Gasteiger charge is -2.42. The van der Waals surface area contributed by atoms with Gasteiger partial charge in [0.2, 0.25) is 0 Å². The molecule has 7 aromatic carbocycles. The highest BCUT2D eigenvalue weighted by molar-refractivity contribution is 5.88. The largest absolute Gasteiger partial charge is 0.435 e. The Morgan fingerprint density at radius 2 is 0.783 bits per heavy atom. The summed E-state index contributed by atoms with van der Waals surface area (Å²) < 4.78 is 45.4. The van der Waals surface area contributed by atoms with Crippen molar-refractivity contribution in [2.75, 3.05) is 9.80 Å². The van der Waals surface area contributed by atoms with Crippen LogP contribution in [0.5, 0.6) is 0 Å². The van der Waals surface area contributed by atoms with Gasteiger partial charge in [0.05, 0.1) is 28.4 Å². The summed E-state index contributed by atoms with van der Waals surface area (Å²) in [6.07, 6.45) is -4.63.